The normalized spacial score (nSPS) is 29.6. The Hall–Kier alpha value is -2.94. The van der Waals surface area contributed by atoms with E-state index in [9.17, 15) is 24.3 Å². The maximum atomic E-state index is 12.9. The molecule has 9 heteroatoms. The fraction of sp³-hybridized carbons (Fsp3) is 0.565. The maximum Gasteiger partial charge on any atom is 0.342 e. The van der Waals surface area contributed by atoms with E-state index in [0.29, 0.717) is 12.8 Å². The van der Waals surface area contributed by atoms with Gasteiger partial charge in [0.15, 0.2) is 5.60 Å². The highest BCUT2D eigenvalue weighted by Gasteiger charge is 2.48. The van der Waals surface area contributed by atoms with Gasteiger partial charge in [0, 0.05) is 24.5 Å². The molecule has 0 aromatic carbocycles. The van der Waals surface area contributed by atoms with Crippen LogP contribution in [0.15, 0.2) is 35.5 Å². The van der Waals surface area contributed by atoms with E-state index in [1.165, 1.54) is 14.0 Å². The number of rotatable bonds is 5. The summed E-state index contributed by atoms with van der Waals surface area (Å²) in [4.78, 5) is 48.8. The van der Waals surface area contributed by atoms with Crippen LogP contribution in [0.2, 0.25) is 0 Å². The van der Waals surface area contributed by atoms with Crippen LogP contribution in [0.1, 0.15) is 47.0 Å². The van der Waals surface area contributed by atoms with Gasteiger partial charge in [0.05, 0.1) is 13.0 Å². The molecule has 1 aliphatic carbocycles. The van der Waals surface area contributed by atoms with Crippen molar-refractivity contribution >= 4 is 23.9 Å². The van der Waals surface area contributed by atoms with Gasteiger partial charge in [-0.2, -0.15) is 0 Å². The third-order valence-corrected chi connectivity index (χ3v) is 5.72. The summed E-state index contributed by atoms with van der Waals surface area (Å²) in [5.41, 5.74) is -0.902. The summed E-state index contributed by atoms with van der Waals surface area (Å²) in [7, 11) is 1.24. The molecule has 1 heterocycles. The van der Waals surface area contributed by atoms with Crippen LogP contribution in [0.5, 0.6) is 0 Å². The second kappa shape index (κ2) is 10.1. The molecule has 9 nitrogen and oxygen atoms in total. The van der Waals surface area contributed by atoms with Gasteiger partial charge in [-0.05, 0) is 39.7 Å². The van der Waals surface area contributed by atoms with Crippen molar-refractivity contribution in [2.45, 2.75) is 70.9 Å². The number of esters is 4. The average Bonchev–Trinajstić information content (AvgIpc) is 2.98. The number of hydrogen-bond donors (Lipinski definition) is 1. The predicted octanol–water partition coefficient (Wildman–Crippen LogP) is 1.93. The Morgan fingerprint density at radius 1 is 1.34 bits per heavy atom. The van der Waals surface area contributed by atoms with Crippen LogP contribution in [-0.4, -0.2) is 60.0 Å². The molecule has 0 bridgehead atoms. The van der Waals surface area contributed by atoms with Gasteiger partial charge in [-0.15, -0.1) is 0 Å². The van der Waals surface area contributed by atoms with Gasteiger partial charge >= 0.3 is 23.9 Å². The van der Waals surface area contributed by atoms with E-state index >= 15 is 0 Å². The molecule has 2 aliphatic rings. The van der Waals surface area contributed by atoms with Gasteiger partial charge in [0.1, 0.15) is 18.3 Å². The monoisotopic (exact) mass is 450 g/mol. The van der Waals surface area contributed by atoms with Crippen LogP contribution in [-0.2, 0) is 38.1 Å². The molecule has 0 saturated carbocycles. The van der Waals surface area contributed by atoms with Crippen LogP contribution in [0.25, 0.3) is 0 Å². The minimum atomic E-state index is -2.18. The molecule has 0 unspecified atom stereocenters. The molecule has 176 valence electrons. The topological polar surface area (TPSA) is 125 Å². The lowest BCUT2D eigenvalue weighted by Gasteiger charge is -2.32. The van der Waals surface area contributed by atoms with E-state index in [2.05, 4.69) is 6.58 Å². The fourth-order valence-corrected chi connectivity index (χ4v) is 3.64. The molecular formula is C23H30O9. The number of allylic oxidation sites excluding steroid dienone is 2. The number of ether oxygens (including phenoxy) is 4. The first-order valence-electron chi connectivity index (χ1n) is 10.3. The van der Waals surface area contributed by atoms with Crippen LogP contribution in [0.4, 0.5) is 0 Å². The lowest BCUT2D eigenvalue weighted by Crippen LogP contribution is -2.50. The van der Waals surface area contributed by atoms with Crippen LogP contribution < -0.4 is 0 Å². The predicted molar refractivity (Wildman–Crippen MR) is 112 cm³/mol. The largest absolute Gasteiger partial charge is 0.466 e. The molecule has 0 radical (unpaired) electrons. The Labute approximate surface area is 187 Å². The zero-order chi connectivity index (χ0) is 24.2. The molecule has 32 heavy (non-hydrogen) atoms. The third-order valence-electron chi connectivity index (χ3n) is 5.72. The second-order valence-electron chi connectivity index (χ2n) is 8.24. The van der Waals surface area contributed by atoms with Crippen molar-refractivity contribution in [3.8, 4) is 0 Å². The van der Waals surface area contributed by atoms with Gasteiger partial charge in [-0.1, -0.05) is 18.2 Å². The van der Waals surface area contributed by atoms with E-state index in [-0.39, 0.29) is 17.6 Å². The van der Waals surface area contributed by atoms with Crippen molar-refractivity contribution in [1.82, 2.24) is 0 Å². The van der Waals surface area contributed by atoms with E-state index in [1.807, 2.05) is 6.92 Å². The first-order valence-corrected chi connectivity index (χ1v) is 10.3. The minimum absolute atomic E-state index is 0.0832. The Kier molecular flexibility index (Phi) is 8.01. The first-order chi connectivity index (χ1) is 14.9. The highest BCUT2D eigenvalue weighted by molar-refractivity contribution is 5.92. The number of methoxy groups -OCH3 is 1. The van der Waals surface area contributed by atoms with Crippen molar-refractivity contribution in [3.05, 3.63) is 35.5 Å². The Morgan fingerprint density at radius 3 is 2.59 bits per heavy atom. The summed E-state index contributed by atoms with van der Waals surface area (Å²) in [5, 5.41) is 10.7. The van der Waals surface area contributed by atoms with E-state index < -0.39 is 53.7 Å². The third kappa shape index (κ3) is 5.64. The van der Waals surface area contributed by atoms with E-state index in [0.717, 1.165) is 19.4 Å². The van der Waals surface area contributed by atoms with Crippen LogP contribution in [0.3, 0.4) is 0 Å². The summed E-state index contributed by atoms with van der Waals surface area (Å²) in [6, 6.07) is 0. The Balaban J connectivity index is 2.45. The van der Waals surface area contributed by atoms with Crippen molar-refractivity contribution in [2.24, 2.45) is 5.92 Å². The molecule has 0 spiro atoms. The van der Waals surface area contributed by atoms with Crippen molar-refractivity contribution < 1.29 is 43.2 Å². The second-order valence-corrected chi connectivity index (χ2v) is 8.24. The van der Waals surface area contributed by atoms with Crippen molar-refractivity contribution in [3.63, 3.8) is 0 Å². The van der Waals surface area contributed by atoms with E-state index in [4.69, 9.17) is 18.9 Å². The lowest BCUT2D eigenvalue weighted by atomic mass is 9.85. The van der Waals surface area contributed by atoms with Crippen LogP contribution in [0, 0.1) is 5.92 Å². The highest BCUT2D eigenvalue weighted by atomic mass is 16.6. The molecule has 0 aromatic rings. The standard InChI is InChI=1S/C23H30O9/c1-12-8-7-9-16(21(26)29-6)11-18(19-13(2)20(25)31-17(19)10-12)32-22(27)23(5,28)14(3)30-15(4)24/h9-10,14,17-19,28H,2,7-8,11H2,1,3-6H3/b12-10+,16-9+/t14-,17+,18+,19-,23+/m0/s1. The molecular weight excluding hydrogens is 420 g/mol. The van der Waals surface area contributed by atoms with Crippen LogP contribution >= 0.6 is 0 Å². The Bertz CT molecular complexity index is 865. The average molecular weight is 450 g/mol. The fourth-order valence-electron chi connectivity index (χ4n) is 3.64. The summed E-state index contributed by atoms with van der Waals surface area (Å²) < 4.78 is 20.9. The van der Waals surface area contributed by atoms with Crippen molar-refractivity contribution in [2.75, 3.05) is 7.11 Å². The summed E-state index contributed by atoms with van der Waals surface area (Å²) in [5.74, 6) is -3.77. The first kappa shape index (κ1) is 25.3. The van der Waals surface area contributed by atoms with Gasteiger partial charge in [-0.3, -0.25) is 4.79 Å². The molecule has 0 aromatic heterocycles. The van der Waals surface area contributed by atoms with Gasteiger partial charge < -0.3 is 24.1 Å². The van der Waals surface area contributed by atoms with Gasteiger partial charge in [0.2, 0.25) is 0 Å². The smallest absolute Gasteiger partial charge is 0.342 e. The number of carbonyl (C=O) groups is 4. The van der Waals surface area contributed by atoms with Gasteiger partial charge in [0.25, 0.3) is 0 Å². The quantitative estimate of drug-likeness (QED) is 0.289. The zero-order valence-electron chi connectivity index (χ0n) is 19.0. The molecule has 1 aliphatic heterocycles. The lowest BCUT2D eigenvalue weighted by molar-refractivity contribution is -0.188. The van der Waals surface area contributed by atoms with Gasteiger partial charge in [-0.25, -0.2) is 14.4 Å². The zero-order valence-corrected chi connectivity index (χ0v) is 19.0. The van der Waals surface area contributed by atoms with E-state index in [1.54, 1.807) is 12.2 Å². The maximum absolute atomic E-state index is 12.9. The summed E-state index contributed by atoms with van der Waals surface area (Å²) >= 11 is 0. The number of aliphatic hydroxyl groups is 1. The molecule has 5 atom stereocenters. The summed E-state index contributed by atoms with van der Waals surface area (Å²) in [6.45, 7) is 9.32. The number of fused-ring (bicyclic) bond motifs is 1. The molecule has 1 N–H and O–H groups in total. The number of hydrogen-bond acceptors (Lipinski definition) is 9. The molecule has 0 amide bonds. The summed E-state index contributed by atoms with van der Waals surface area (Å²) in [6.07, 6.45) is 1.53. The highest BCUT2D eigenvalue weighted by Crippen LogP contribution is 2.37. The number of carbonyl (C=O) groups excluding carboxylic acids is 4. The Morgan fingerprint density at radius 2 is 2.00 bits per heavy atom. The minimum Gasteiger partial charge on any atom is -0.466 e. The molecule has 2 rings (SSSR count). The SMILES string of the molecule is C=C1C(=O)O[C@@H]2/C=C(\C)CC/C=C(/C(=O)OC)C[C@@H](OC(=O)[C@](C)(O)[C@H](C)OC(C)=O)[C@@H]12. The molecule has 1 fully saturated rings. The van der Waals surface area contributed by atoms with Crippen molar-refractivity contribution in [1.29, 1.82) is 0 Å². The molecule has 1 saturated heterocycles.